The molecular weight excluding hydrogens is 372 g/mol. The van der Waals surface area contributed by atoms with Gasteiger partial charge in [-0.2, -0.15) is 23.0 Å². The summed E-state index contributed by atoms with van der Waals surface area (Å²) in [6.07, 6.45) is -1.85. The van der Waals surface area contributed by atoms with Gasteiger partial charge in [-0.25, -0.2) is 9.18 Å². The van der Waals surface area contributed by atoms with Gasteiger partial charge in [0, 0.05) is 17.8 Å². The van der Waals surface area contributed by atoms with E-state index in [1.165, 1.54) is 0 Å². The van der Waals surface area contributed by atoms with Gasteiger partial charge in [-0.1, -0.05) is 0 Å². The molecule has 0 unspecified atom stereocenters. The third-order valence-electron chi connectivity index (χ3n) is 3.43. The molecule has 0 amide bonds. The zero-order chi connectivity index (χ0) is 19.8. The molecule has 3 heterocycles. The molecule has 0 fully saturated rings. The van der Waals surface area contributed by atoms with Crippen LogP contribution in [-0.4, -0.2) is 30.8 Å². The molecule has 11 heteroatoms. The van der Waals surface area contributed by atoms with Crippen LogP contribution in [0.15, 0.2) is 47.7 Å². The maximum Gasteiger partial charge on any atom is 0.433 e. The Hall–Kier alpha value is -3.63. The van der Waals surface area contributed by atoms with Gasteiger partial charge in [0.2, 0.25) is 0 Å². The van der Waals surface area contributed by atoms with Gasteiger partial charge in [0.05, 0.1) is 23.8 Å². The number of pyridine rings is 2. The highest BCUT2D eigenvalue weighted by atomic mass is 19.4. The lowest BCUT2D eigenvalue weighted by molar-refractivity contribution is -0.141. The Morgan fingerprint density at radius 3 is 2.41 bits per heavy atom. The summed E-state index contributed by atoms with van der Waals surface area (Å²) in [7, 11) is 0. The molecular formula is C16H8F4N4O3. The molecule has 0 spiro atoms. The largest absolute Gasteiger partial charge is 0.477 e. The minimum Gasteiger partial charge on any atom is -0.477 e. The van der Waals surface area contributed by atoms with Crippen molar-refractivity contribution >= 4 is 5.97 Å². The molecule has 3 aromatic rings. The summed E-state index contributed by atoms with van der Waals surface area (Å²) in [6, 6.07) is 3.53. The highest BCUT2D eigenvalue weighted by Crippen LogP contribution is 2.28. The lowest BCUT2D eigenvalue weighted by atomic mass is 10.1. The van der Waals surface area contributed by atoms with Crippen molar-refractivity contribution < 1.29 is 27.5 Å². The maximum absolute atomic E-state index is 13.4. The number of alkyl halides is 3. The molecule has 0 aliphatic carbocycles. The quantitative estimate of drug-likeness (QED) is 0.702. The third kappa shape index (κ3) is 3.66. The van der Waals surface area contributed by atoms with Crippen molar-refractivity contribution in [3.63, 3.8) is 0 Å². The molecule has 7 nitrogen and oxygen atoms in total. The lowest BCUT2D eigenvalue weighted by Gasteiger charge is -2.10. The second kappa shape index (κ2) is 6.59. The number of carbonyl (C=O) groups is 1. The Balaban J connectivity index is 2.19. The number of hydrogen-bond donors (Lipinski definition) is 1. The van der Waals surface area contributed by atoms with Crippen LogP contribution in [0, 0.1) is 5.82 Å². The fourth-order valence-corrected chi connectivity index (χ4v) is 2.19. The van der Waals surface area contributed by atoms with E-state index >= 15 is 0 Å². The molecule has 3 aromatic heterocycles. The number of rotatable bonds is 3. The number of carboxylic acid groups (broad SMARTS) is 1. The lowest BCUT2D eigenvalue weighted by Crippen LogP contribution is -2.28. The molecule has 138 valence electrons. The van der Waals surface area contributed by atoms with Gasteiger partial charge in [0.25, 0.3) is 5.56 Å². The average Bonchev–Trinajstić information content (AvgIpc) is 2.61. The topological polar surface area (TPSA) is 98.0 Å². The average molecular weight is 380 g/mol. The molecule has 0 aliphatic rings. The van der Waals surface area contributed by atoms with Crippen LogP contribution in [0.25, 0.3) is 16.9 Å². The number of carboxylic acids is 1. The van der Waals surface area contributed by atoms with Crippen molar-refractivity contribution in [2.45, 2.75) is 6.18 Å². The number of hydrogen-bond acceptors (Lipinski definition) is 5. The Bertz CT molecular complexity index is 1080. The van der Waals surface area contributed by atoms with Crippen molar-refractivity contribution in [1.29, 1.82) is 0 Å². The summed E-state index contributed by atoms with van der Waals surface area (Å²) in [5.74, 6) is -2.37. The predicted octanol–water partition coefficient (Wildman–Crippen LogP) is 2.55. The van der Waals surface area contributed by atoms with Gasteiger partial charge < -0.3 is 5.11 Å². The van der Waals surface area contributed by atoms with E-state index in [9.17, 15) is 32.3 Å². The van der Waals surface area contributed by atoms with E-state index in [4.69, 9.17) is 0 Å². The highest BCUT2D eigenvalue weighted by molar-refractivity contribution is 5.88. The van der Waals surface area contributed by atoms with Crippen LogP contribution in [0.1, 0.15) is 16.1 Å². The second-order valence-electron chi connectivity index (χ2n) is 5.26. The molecule has 0 aromatic carbocycles. The maximum atomic E-state index is 13.4. The third-order valence-corrected chi connectivity index (χ3v) is 3.43. The molecule has 0 saturated heterocycles. The van der Waals surface area contributed by atoms with E-state index in [1.54, 1.807) is 0 Å². The van der Waals surface area contributed by atoms with Crippen LogP contribution in [0.2, 0.25) is 0 Å². The zero-order valence-corrected chi connectivity index (χ0v) is 13.1. The number of nitrogens with zero attached hydrogens (tertiary/aromatic N) is 4. The Kier molecular flexibility index (Phi) is 4.44. The first kappa shape index (κ1) is 18.2. The minimum atomic E-state index is -4.65. The molecule has 0 aliphatic heterocycles. The van der Waals surface area contributed by atoms with Gasteiger partial charge in [-0.3, -0.25) is 14.8 Å². The first-order valence-electron chi connectivity index (χ1n) is 7.19. The molecule has 0 bridgehead atoms. The van der Waals surface area contributed by atoms with Crippen LogP contribution in [0.3, 0.4) is 0 Å². The summed E-state index contributed by atoms with van der Waals surface area (Å²) in [4.78, 5) is 30.5. The number of aromatic carboxylic acids is 1. The van der Waals surface area contributed by atoms with Crippen molar-refractivity contribution in [1.82, 2.24) is 19.7 Å². The van der Waals surface area contributed by atoms with Crippen molar-refractivity contribution in [3.05, 3.63) is 70.3 Å². The Morgan fingerprint density at radius 1 is 1.11 bits per heavy atom. The molecule has 0 saturated carbocycles. The predicted molar refractivity (Wildman–Crippen MR) is 82.8 cm³/mol. The molecule has 3 rings (SSSR count). The van der Waals surface area contributed by atoms with Crippen molar-refractivity contribution in [2.24, 2.45) is 0 Å². The highest BCUT2D eigenvalue weighted by Gasteiger charge is 2.32. The van der Waals surface area contributed by atoms with Crippen LogP contribution < -0.4 is 5.56 Å². The fraction of sp³-hybridized carbons (Fsp3) is 0.0625. The van der Waals surface area contributed by atoms with E-state index < -0.39 is 34.8 Å². The van der Waals surface area contributed by atoms with Gasteiger partial charge in [0.15, 0.2) is 0 Å². The number of aromatic nitrogens is 4. The summed E-state index contributed by atoms with van der Waals surface area (Å²) >= 11 is 0. The standard InChI is InChI=1S/C16H8F4N4O3/c17-9-3-10(7-21-6-9)24-14(25)11(15(26)27)4-12(23-24)8-1-2-13(22-5-8)16(18,19)20/h1-7H,(H,26,27). The molecule has 1 N–H and O–H groups in total. The minimum absolute atomic E-state index is 0.0311. The van der Waals surface area contributed by atoms with E-state index in [0.717, 1.165) is 36.8 Å². The van der Waals surface area contributed by atoms with Crippen LogP contribution in [-0.2, 0) is 6.18 Å². The SMILES string of the molecule is O=C(O)c1cc(-c2ccc(C(F)(F)F)nc2)nn(-c2cncc(F)c2)c1=O. The smallest absolute Gasteiger partial charge is 0.433 e. The normalized spacial score (nSPS) is 11.4. The van der Waals surface area contributed by atoms with E-state index in [0.29, 0.717) is 10.7 Å². The Labute approximate surface area is 147 Å². The summed E-state index contributed by atoms with van der Waals surface area (Å²) in [5, 5.41) is 13.1. The van der Waals surface area contributed by atoms with Crippen LogP contribution in [0.5, 0.6) is 0 Å². The van der Waals surface area contributed by atoms with Crippen LogP contribution >= 0.6 is 0 Å². The van der Waals surface area contributed by atoms with E-state index in [-0.39, 0.29) is 16.9 Å². The van der Waals surface area contributed by atoms with E-state index in [1.807, 2.05) is 0 Å². The fourth-order valence-electron chi connectivity index (χ4n) is 2.19. The van der Waals surface area contributed by atoms with Gasteiger partial charge in [-0.05, 0) is 18.2 Å². The summed E-state index contributed by atoms with van der Waals surface area (Å²) < 4.78 is 51.9. The number of halogens is 4. The van der Waals surface area contributed by atoms with Crippen molar-refractivity contribution in [3.8, 4) is 16.9 Å². The van der Waals surface area contributed by atoms with E-state index in [2.05, 4.69) is 15.1 Å². The van der Waals surface area contributed by atoms with Crippen molar-refractivity contribution in [2.75, 3.05) is 0 Å². The zero-order valence-electron chi connectivity index (χ0n) is 13.1. The monoisotopic (exact) mass is 380 g/mol. The first-order chi connectivity index (χ1) is 12.7. The Morgan fingerprint density at radius 2 is 1.85 bits per heavy atom. The molecule has 0 radical (unpaired) electrons. The summed E-state index contributed by atoms with van der Waals surface area (Å²) in [6.45, 7) is 0. The van der Waals surface area contributed by atoms with Crippen LogP contribution in [0.4, 0.5) is 17.6 Å². The van der Waals surface area contributed by atoms with Gasteiger partial charge in [-0.15, -0.1) is 0 Å². The molecule has 27 heavy (non-hydrogen) atoms. The molecule has 0 atom stereocenters. The second-order valence-corrected chi connectivity index (χ2v) is 5.26. The van der Waals surface area contributed by atoms with Gasteiger partial charge >= 0.3 is 12.1 Å². The van der Waals surface area contributed by atoms with Gasteiger partial charge in [0.1, 0.15) is 17.1 Å². The first-order valence-corrected chi connectivity index (χ1v) is 7.19. The summed E-state index contributed by atoms with van der Waals surface area (Å²) in [5.41, 5.74) is -3.17.